The van der Waals surface area contributed by atoms with E-state index in [0.29, 0.717) is 28.0 Å². The van der Waals surface area contributed by atoms with Gasteiger partial charge in [0, 0.05) is 12.3 Å². The standard InChI is InChI=1S/C19H17NO4/c1-11-8-9-16-14(10-11)17(18(24-16)12(2)21)20-19(22)13-6-4-5-7-15(13)23-3/h4-10H,1-3H3,(H,20,22). The van der Waals surface area contributed by atoms with E-state index in [-0.39, 0.29) is 17.5 Å². The van der Waals surface area contributed by atoms with Gasteiger partial charge in [0.25, 0.3) is 5.91 Å². The Morgan fingerprint density at radius 3 is 2.58 bits per heavy atom. The summed E-state index contributed by atoms with van der Waals surface area (Å²) in [5.74, 6) is -0.0134. The second-order valence-corrected chi connectivity index (χ2v) is 5.52. The SMILES string of the molecule is COc1ccccc1C(=O)Nc1c(C(C)=O)oc2ccc(C)cc12. The first-order valence-electron chi connectivity index (χ1n) is 7.49. The van der Waals surface area contributed by atoms with Crippen LogP contribution in [0.2, 0.25) is 0 Å². The van der Waals surface area contributed by atoms with Gasteiger partial charge < -0.3 is 14.5 Å². The lowest BCUT2D eigenvalue weighted by Gasteiger charge is -2.09. The van der Waals surface area contributed by atoms with Gasteiger partial charge in [-0.1, -0.05) is 23.8 Å². The van der Waals surface area contributed by atoms with Gasteiger partial charge >= 0.3 is 0 Å². The highest BCUT2D eigenvalue weighted by molar-refractivity contribution is 6.15. The van der Waals surface area contributed by atoms with Crippen LogP contribution in [0.25, 0.3) is 11.0 Å². The number of hydrogen-bond acceptors (Lipinski definition) is 4. The number of fused-ring (bicyclic) bond motifs is 1. The van der Waals surface area contributed by atoms with Gasteiger partial charge in [-0.3, -0.25) is 9.59 Å². The largest absolute Gasteiger partial charge is 0.496 e. The number of aryl methyl sites for hydroxylation is 1. The van der Waals surface area contributed by atoms with Crippen LogP contribution in [0, 0.1) is 6.92 Å². The summed E-state index contributed by atoms with van der Waals surface area (Å²) in [5, 5.41) is 3.50. The number of rotatable bonds is 4. The molecule has 0 aliphatic heterocycles. The molecule has 122 valence electrons. The molecule has 2 aromatic carbocycles. The second-order valence-electron chi connectivity index (χ2n) is 5.52. The summed E-state index contributed by atoms with van der Waals surface area (Å²) in [4.78, 5) is 24.5. The van der Waals surface area contributed by atoms with E-state index >= 15 is 0 Å². The number of furan rings is 1. The molecule has 0 unspecified atom stereocenters. The number of ether oxygens (including phenoxy) is 1. The molecule has 0 atom stereocenters. The van der Waals surface area contributed by atoms with Gasteiger partial charge in [0.2, 0.25) is 0 Å². The number of para-hydroxylation sites is 1. The molecule has 5 heteroatoms. The molecule has 5 nitrogen and oxygen atoms in total. The summed E-state index contributed by atoms with van der Waals surface area (Å²) in [6.45, 7) is 3.34. The molecule has 1 heterocycles. The number of nitrogens with one attached hydrogen (secondary N) is 1. The Kier molecular flexibility index (Phi) is 4.08. The number of carbonyl (C=O) groups is 2. The van der Waals surface area contributed by atoms with Crippen LogP contribution in [0.5, 0.6) is 5.75 Å². The molecule has 3 aromatic rings. The molecule has 0 radical (unpaired) electrons. The van der Waals surface area contributed by atoms with Gasteiger partial charge in [-0.2, -0.15) is 0 Å². The van der Waals surface area contributed by atoms with Crippen molar-refractivity contribution in [3.05, 3.63) is 59.4 Å². The van der Waals surface area contributed by atoms with Crippen molar-refractivity contribution in [3.8, 4) is 5.75 Å². The van der Waals surface area contributed by atoms with Gasteiger partial charge in [0.05, 0.1) is 18.4 Å². The number of benzene rings is 2. The molecule has 1 amide bonds. The van der Waals surface area contributed by atoms with Crippen molar-refractivity contribution in [2.45, 2.75) is 13.8 Å². The van der Waals surface area contributed by atoms with Gasteiger partial charge in [0.15, 0.2) is 11.5 Å². The molecule has 1 aromatic heterocycles. The average Bonchev–Trinajstić information content (AvgIpc) is 2.93. The van der Waals surface area contributed by atoms with E-state index in [1.807, 2.05) is 19.1 Å². The Morgan fingerprint density at radius 2 is 1.88 bits per heavy atom. The van der Waals surface area contributed by atoms with E-state index < -0.39 is 0 Å². The number of Topliss-reactive ketones (excluding diaryl/α,β-unsaturated/α-hetero) is 1. The number of anilines is 1. The molecule has 0 bridgehead atoms. The van der Waals surface area contributed by atoms with Crippen molar-refractivity contribution in [1.82, 2.24) is 0 Å². The quantitative estimate of drug-likeness (QED) is 0.730. The third kappa shape index (κ3) is 2.76. The van der Waals surface area contributed by atoms with Crippen LogP contribution in [-0.2, 0) is 0 Å². The van der Waals surface area contributed by atoms with E-state index in [1.165, 1.54) is 14.0 Å². The maximum absolute atomic E-state index is 12.7. The Hall–Kier alpha value is -3.08. The van der Waals surface area contributed by atoms with E-state index in [4.69, 9.17) is 9.15 Å². The molecule has 0 spiro atoms. The minimum atomic E-state index is -0.362. The smallest absolute Gasteiger partial charge is 0.259 e. The Balaban J connectivity index is 2.08. The van der Waals surface area contributed by atoms with Crippen LogP contribution in [0.3, 0.4) is 0 Å². The van der Waals surface area contributed by atoms with Crippen LogP contribution in [0.15, 0.2) is 46.9 Å². The minimum Gasteiger partial charge on any atom is -0.496 e. The zero-order valence-electron chi connectivity index (χ0n) is 13.7. The third-order valence-electron chi connectivity index (χ3n) is 3.75. The number of carbonyl (C=O) groups excluding carboxylic acids is 2. The summed E-state index contributed by atoms with van der Waals surface area (Å²) in [7, 11) is 1.50. The van der Waals surface area contributed by atoms with E-state index in [9.17, 15) is 9.59 Å². The fourth-order valence-corrected chi connectivity index (χ4v) is 2.60. The first kappa shape index (κ1) is 15.8. The summed E-state index contributed by atoms with van der Waals surface area (Å²) in [6, 6.07) is 12.5. The zero-order valence-corrected chi connectivity index (χ0v) is 13.7. The third-order valence-corrected chi connectivity index (χ3v) is 3.75. The highest BCUT2D eigenvalue weighted by Gasteiger charge is 2.21. The predicted molar refractivity (Wildman–Crippen MR) is 91.9 cm³/mol. The predicted octanol–water partition coefficient (Wildman–Crippen LogP) is 4.20. The first-order valence-corrected chi connectivity index (χ1v) is 7.49. The van der Waals surface area contributed by atoms with E-state index in [1.54, 1.807) is 30.3 Å². The first-order chi connectivity index (χ1) is 11.5. The van der Waals surface area contributed by atoms with Gasteiger partial charge in [-0.15, -0.1) is 0 Å². The van der Waals surface area contributed by atoms with E-state index in [0.717, 1.165) is 5.56 Å². The number of methoxy groups -OCH3 is 1. The summed E-state index contributed by atoms with van der Waals surface area (Å²) >= 11 is 0. The Morgan fingerprint density at radius 1 is 1.12 bits per heavy atom. The van der Waals surface area contributed by atoms with Crippen LogP contribution >= 0.6 is 0 Å². The number of hydrogen-bond donors (Lipinski definition) is 1. The summed E-state index contributed by atoms with van der Waals surface area (Å²) in [6.07, 6.45) is 0. The maximum atomic E-state index is 12.7. The van der Waals surface area contributed by atoms with Crippen LogP contribution in [0.1, 0.15) is 33.4 Å². The maximum Gasteiger partial charge on any atom is 0.259 e. The van der Waals surface area contributed by atoms with Crippen molar-refractivity contribution >= 4 is 28.3 Å². The highest BCUT2D eigenvalue weighted by Crippen LogP contribution is 2.33. The molecular formula is C19H17NO4. The van der Waals surface area contributed by atoms with Gasteiger partial charge in [0.1, 0.15) is 11.3 Å². The second kappa shape index (κ2) is 6.20. The Labute approximate surface area is 139 Å². The van der Waals surface area contributed by atoms with Crippen molar-refractivity contribution in [3.63, 3.8) is 0 Å². The van der Waals surface area contributed by atoms with Crippen LogP contribution < -0.4 is 10.1 Å². The molecule has 0 saturated carbocycles. The van der Waals surface area contributed by atoms with Crippen molar-refractivity contribution in [2.75, 3.05) is 12.4 Å². The molecule has 24 heavy (non-hydrogen) atoms. The molecule has 0 fully saturated rings. The molecular weight excluding hydrogens is 306 g/mol. The molecule has 3 rings (SSSR count). The van der Waals surface area contributed by atoms with E-state index in [2.05, 4.69) is 5.32 Å². The topological polar surface area (TPSA) is 68.5 Å². The lowest BCUT2D eigenvalue weighted by atomic mass is 10.1. The van der Waals surface area contributed by atoms with Crippen molar-refractivity contribution < 1.29 is 18.7 Å². The normalized spacial score (nSPS) is 10.6. The lowest BCUT2D eigenvalue weighted by Crippen LogP contribution is -2.14. The van der Waals surface area contributed by atoms with Gasteiger partial charge in [-0.05, 0) is 31.2 Å². The molecule has 0 aliphatic rings. The lowest BCUT2D eigenvalue weighted by molar-refractivity contribution is 0.0990. The fourth-order valence-electron chi connectivity index (χ4n) is 2.60. The van der Waals surface area contributed by atoms with Crippen molar-refractivity contribution in [2.24, 2.45) is 0 Å². The van der Waals surface area contributed by atoms with Crippen molar-refractivity contribution in [1.29, 1.82) is 0 Å². The van der Waals surface area contributed by atoms with Crippen LogP contribution in [0.4, 0.5) is 5.69 Å². The van der Waals surface area contributed by atoms with Crippen LogP contribution in [-0.4, -0.2) is 18.8 Å². The molecule has 0 saturated heterocycles. The number of amides is 1. The Bertz CT molecular complexity index is 940. The minimum absolute atomic E-state index is 0.138. The van der Waals surface area contributed by atoms with Gasteiger partial charge in [-0.25, -0.2) is 0 Å². The summed E-state index contributed by atoms with van der Waals surface area (Å²) < 4.78 is 10.8. The average molecular weight is 323 g/mol. The fraction of sp³-hybridized carbons (Fsp3) is 0.158. The zero-order chi connectivity index (χ0) is 17.3. The monoisotopic (exact) mass is 323 g/mol. The summed E-state index contributed by atoms with van der Waals surface area (Å²) in [5.41, 5.74) is 2.33. The molecule has 0 aliphatic carbocycles. The number of ketones is 1. The molecule has 1 N–H and O–H groups in total. The highest BCUT2D eigenvalue weighted by atomic mass is 16.5.